The number of carboxylic acids is 1. The van der Waals surface area contributed by atoms with Crippen molar-refractivity contribution < 1.29 is 19.4 Å². The van der Waals surface area contributed by atoms with Crippen molar-refractivity contribution in [1.82, 2.24) is 10.3 Å². The Kier molecular flexibility index (Phi) is 4.91. The van der Waals surface area contributed by atoms with Gasteiger partial charge in [-0.25, -0.2) is 14.6 Å². The fraction of sp³-hybridized carbons (Fsp3) is 0.364. The molecule has 2 amide bonds. The fourth-order valence-corrected chi connectivity index (χ4v) is 1.24. The van der Waals surface area contributed by atoms with Gasteiger partial charge in [-0.15, -0.1) is 0 Å². The summed E-state index contributed by atoms with van der Waals surface area (Å²) in [6.45, 7) is 1.67. The van der Waals surface area contributed by atoms with Gasteiger partial charge in [0, 0.05) is 6.07 Å². The van der Waals surface area contributed by atoms with Gasteiger partial charge in [0.25, 0.3) is 0 Å². The summed E-state index contributed by atoms with van der Waals surface area (Å²) in [6.07, 6.45) is 1.73. The van der Waals surface area contributed by atoms with Crippen LogP contribution in [0.15, 0.2) is 18.3 Å². The van der Waals surface area contributed by atoms with Crippen LogP contribution in [0.4, 0.5) is 10.5 Å². The van der Waals surface area contributed by atoms with Crippen LogP contribution in [0.5, 0.6) is 5.88 Å². The van der Waals surface area contributed by atoms with Crippen LogP contribution >= 0.6 is 0 Å². The number of pyridine rings is 1. The molecule has 7 nitrogen and oxygen atoms in total. The van der Waals surface area contributed by atoms with E-state index in [4.69, 9.17) is 9.84 Å². The molecule has 0 saturated heterocycles. The molecule has 0 saturated carbocycles. The van der Waals surface area contributed by atoms with Crippen molar-refractivity contribution in [2.75, 3.05) is 12.4 Å². The van der Waals surface area contributed by atoms with Gasteiger partial charge in [-0.2, -0.15) is 0 Å². The number of carboxylic acid groups (broad SMARTS) is 1. The summed E-state index contributed by atoms with van der Waals surface area (Å²) in [5.41, 5.74) is 0.452. The van der Waals surface area contributed by atoms with Crippen LogP contribution in [-0.2, 0) is 4.79 Å². The fourth-order valence-electron chi connectivity index (χ4n) is 1.24. The summed E-state index contributed by atoms with van der Waals surface area (Å²) >= 11 is 0. The molecule has 1 aromatic heterocycles. The summed E-state index contributed by atoms with van der Waals surface area (Å²) < 4.78 is 4.87. The Labute approximate surface area is 104 Å². The van der Waals surface area contributed by atoms with E-state index in [1.54, 1.807) is 19.1 Å². The van der Waals surface area contributed by atoms with E-state index < -0.39 is 18.0 Å². The summed E-state index contributed by atoms with van der Waals surface area (Å²) in [4.78, 5) is 26.1. The molecule has 0 aromatic carbocycles. The molecule has 98 valence electrons. The lowest BCUT2D eigenvalue weighted by molar-refractivity contribution is -0.139. The van der Waals surface area contributed by atoms with Crippen LogP contribution in [-0.4, -0.2) is 35.2 Å². The van der Waals surface area contributed by atoms with Gasteiger partial charge >= 0.3 is 12.0 Å². The van der Waals surface area contributed by atoms with Crippen LogP contribution in [0.25, 0.3) is 0 Å². The van der Waals surface area contributed by atoms with Crippen LogP contribution in [0.3, 0.4) is 0 Å². The minimum absolute atomic E-state index is 0.309. The molecular weight excluding hydrogens is 238 g/mol. The highest BCUT2D eigenvalue weighted by atomic mass is 16.5. The monoisotopic (exact) mass is 253 g/mol. The zero-order valence-corrected chi connectivity index (χ0v) is 10.1. The van der Waals surface area contributed by atoms with E-state index in [0.717, 1.165) is 0 Å². The number of carbonyl (C=O) groups excluding carboxylic acids is 1. The van der Waals surface area contributed by atoms with Crippen molar-refractivity contribution in [2.24, 2.45) is 0 Å². The van der Waals surface area contributed by atoms with Gasteiger partial charge in [0.2, 0.25) is 5.88 Å². The number of urea groups is 1. The number of carbonyl (C=O) groups is 2. The number of amides is 2. The number of nitrogens with one attached hydrogen (secondary N) is 2. The van der Waals surface area contributed by atoms with Crippen molar-refractivity contribution >= 4 is 17.7 Å². The molecule has 0 aliphatic carbocycles. The van der Waals surface area contributed by atoms with Crippen molar-refractivity contribution in [1.29, 1.82) is 0 Å². The quantitative estimate of drug-likeness (QED) is 0.728. The van der Waals surface area contributed by atoms with Gasteiger partial charge < -0.3 is 20.5 Å². The predicted molar refractivity (Wildman–Crippen MR) is 64.7 cm³/mol. The third-order valence-corrected chi connectivity index (χ3v) is 2.22. The Morgan fingerprint density at radius 3 is 2.67 bits per heavy atom. The number of nitrogens with zero attached hydrogens (tertiary/aromatic N) is 1. The topological polar surface area (TPSA) is 101 Å². The molecular formula is C11H15N3O4. The number of hydrogen-bond donors (Lipinski definition) is 3. The molecule has 1 unspecified atom stereocenters. The van der Waals surface area contributed by atoms with E-state index in [9.17, 15) is 9.59 Å². The van der Waals surface area contributed by atoms with Gasteiger partial charge in [0.05, 0.1) is 19.0 Å². The average molecular weight is 253 g/mol. The van der Waals surface area contributed by atoms with Crippen molar-refractivity contribution in [3.63, 3.8) is 0 Å². The lowest BCUT2D eigenvalue weighted by atomic mass is 10.2. The number of rotatable bonds is 5. The smallest absolute Gasteiger partial charge is 0.326 e. The SMILES string of the molecule is CCC(NC(=O)Nc1ccc(OC)nc1)C(=O)O. The summed E-state index contributed by atoms with van der Waals surface area (Å²) in [6, 6.07) is 1.70. The van der Waals surface area contributed by atoms with E-state index in [-0.39, 0.29) is 0 Å². The summed E-state index contributed by atoms with van der Waals surface area (Å²) in [7, 11) is 1.49. The molecule has 18 heavy (non-hydrogen) atoms. The second-order valence-corrected chi connectivity index (χ2v) is 3.49. The van der Waals surface area contributed by atoms with Crippen LogP contribution < -0.4 is 15.4 Å². The normalized spacial score (nSPS) is 11.4. The Balaban J connectivity index is 2.55. The molecule has 3 N–H and O–H groups in total. The molecule has 1 atom stereocenters. The van der Waals surface area contributed by atoms with Crippen molar-refractivity contribution in [3.8, 4) is 5.88 Å². The number of hydrogen-bond acceptors (Lipinski definition) is 4. The first-order valence-corrected chi connectivity index (χ1v) is 5.37. The first-order chi connectivity index (χ1) is 8.56. The van der Waals surface area contributed by atoms with E-state index in [1.165, 1.54) is 13.3 Å². The standard InChI is InChI=1S/C11H15N3O4/c1-3-8(10(15)16)14-11(17)13-7-4-5-9(18-2)12-6-7/h4-6,8H,3H2,1-2H3,(H,15,16)(H2,13,14,17). The second-order valence-electron chi connectivity index (χ2n) is 3.49. The van der Waals surface area contributed by atoms with Gasteiger partial charge in [-0.3, -0.25) is 0 Å². The third-order valence-electron chi connectivity index (χ3n) is 2.22. The lowest BCUT2D eigenvalue weighted by Crippen LogP contribution is -2.42. The minimum Gasteiger partial charge on any atom is -0.481 e. The Morgan fingerprint density at radius 2 is 2.22 bits per heavy atom. The maximum absolute atomic E-state index is 11.5. The average Bonchev–Trinajstić information content (AvgIpc) is 2.36. The van der Waals surface area contributed by atoms with Crippen LogP contribution in [0.2, 0.25) is 0 Å². The molecule has 0 fully saturated rings. The van der Waals surface area contributed by atoms with Gasteiger partial charge in [0.1, 0.15) is 6.04 Å². The largest absolute Gasteiger partial charge is 0.481 e. The number of aromatic nitrogens is 1. The molecule has 0 spiro atoms. The molecule has 1 rings (SSSR count). The number of anilines is 1. The number of ether oxygens (including phenoxy) is 1. The molecule has 0 aliphatic rings. The van der Waals surface area contributed by atoms with E-state index in [1.807, 2.05) is 0 Å². The maximum Gasteiger partial charge on any atom is 0.326 e. The van der Waals surface area contributed by atoms with Gasteiger partial charge in [0.15, 0.2) is 0 Å². The number of aliphatic carboxylic acids is 1. The summed E-state index contributed by atoms with van der Waals surface area (Å²) in [5, 5.41) is 13.6. The highest BCUT2D eigenvalue weighted by Gasteiger charge is 2.17. The van der Waals surface area contributed by atoms with E-state index in [0.29, 0.717) is 18.0 Å². The Bertz CT molecular complexity index is 419. The van der Waals surface area contributed by atoms with Crippen LogP contribution in [0, 0.1) is 0 Å². The minimum atomic E-state index is -1.07. The highest BCUT2D eigenvalue weighted by Crippen LogP contribution is 2.10. The highest BCUT2D eigenvalue weighted by molar-refractivity contribution is 5.92. The molecule has 0 radical (unpaired) electrons. The Morgan fingerprint density at radius 1 is 1.50 bits per heavy atom. The maximum atomic E-state index is 11.5. The molecule has 1 heterocycles. The van der Waals surface area contributed by atoms with Gasteiger partial charge in [-0.1, -0.05) is 6.92 Å². The summed E-state index contributed by atoms with van der Waals surface area (Å²) in [5.74, 6) is -0.640. The lowest BCUT2D eigenvalue weighted by Gasteiger charge is -2.13. The van der Waals surface area contributed by atoms with E-state index >= 15 is 0 Å². The zero-order valence-electron chi connectivity index (χ0n) is 10.1. The second kappa shape index (κ2) is 6.43. The van der Waals surface area contributed by atoms with Crippen molar-refractivity contribution in [3.05, 3.63) is 18.3 Å². The number of methoxy groups -OCH3 is 1. The third kappa shape index (κ3) is 3.93. The molecule has 0 aliphatic heterocycles. The predicted octanol–water partition coefficient (Wildman–Crippen LogP) is 1.07. The van der Waals surface area contributed by atoms with E-state index in [2.05, 4.69) is 15.6 Å². The van der Waals surface area contributed by atoms with Gasteiger partial charge in [-0.05, 0) is 12.5 Å². The Hall–Kier alpha value is -2.31. The zero-order chi connectivity index (χ0) is 13.5. The van der Waals surface area contributed by atoms with Crippen LogP contribution in [0.1, 0.15) is 13.3 Å². The molecule has 1 aromatic rings. The van der Waals surface area contributed by atoms with Crippen molar-refractivity contribution in [2.45, 2.75) is 19.4 Å². The molecule has 0 bridgehead atoms. The molecule has 7 heteroatoms. The first-order valence-electron chi connectivity index (χ1n) is 5.37. The first kappa shape index (κ1) is 13.8.